The summed E-state index contributed by atoms with van der Waals surface area (Å²) in [6.45, 7) is 0. The minimum absolute atomic E-state index is 0.00380. The van der Waals surface area contributed by atoms with Gasteiger partial charge in [0, 0.05) is 12.1 Å². The molecule has 19 heavy (non-hydrogen) atoms. The standard InChI is InChI=1S/C14H20O5/c1-17-12-8-14(13(18-2)7-10(12)16)19-11-6-4-3-5-9(11)15/h7-9,11,15-16H,3-6H2,1-2H3/t9-,11+/m1/s1. The molecule has 0 aliphatic heterocycles. The predicted octanol–water partition coefficient (Wildman–Crippen LogP) is 2.09. The summed E-state index contributed by atoms with van der Waals surface area (Å²) in [6, 6.07) is 3.03. The molecule has 1 aliphatic rings. The van der Waals surface area contributed by atoms with E-state index in [-0.39, 0.29) is 11.9 Å². The summed E-state index contributed by atoms with van der Waals surface area (Å²) in [5, 5.41) is 19.6. The van der Waals surface area contributed by atoms with Gasteiger partial charge < -0.3 is 24.4 Å². The molecule has 0 amide bonds. The van der Waals surface area contributed by atoms with Gasteiger partial charge in [-0.15, -0.1) is 0 Å². The maximum atomic E-state index is 9.93. The van der Waals surface area contributed by atoms with Crippen LogP contribution in [0.15, 0.2) is 12.1 Å². The van der Waals surface area contributed by atoms with E-state index >= 15 is 0 Å². The number of aromatic hydroxyl groups is 1. The first kappa shape index (κ1) is 13.8. The molecule has 2 atom stereocenters. The number of ether oxygens (including phenoxy) is 3. The Morgan fingerprint density at radius 1 is 1.00 bits per heavy atom. The summed E-state index contributed by atoms with van der Waals surface area (Å²) in [7, 11) is 2.98. The highest BCUT2D eigenvalue weighted by molar-refractivity contribution is 5.53. The lowest BCUT2D eigenvalue weighted by atomic mass is 9.95. The third kappa shape index (κ3) is 3.04. The van der Waals surface area contributed by atoms with Gasteiger partial charge in [-0.1, -0.05) is 6.42 Å². The zero-order chi connectivity index (χ0) is 13.8. The summed E-state index contributed by atoms with van der Waals surface area (Å²) in [6.07, 6.45) is 2.93. The molecule has 0 heterocycles. The Labute approximate surface area is 112 Å². The van der Waals surface area contributed by atoms with Crippen LogP contribution in [0.1, 0.15) is 25.7 Å². The highest BCUT2D eigenvalue weighted by Gasteiger charge is 2.26. The molecule has 1 aromatic rings. The van der Waals surface area contributed by atoms with Crippen molar-refractivity contribution in [3.8, 4) is 23.0 Å². The van der Waals surface area contributed by atoms with E-state index in [4.69, 9.17) is 14.2 Å². The summed E-state index contributed by atoms with van der Waals surface area (Å²) < 4.78 is 16.1. The third-order valence-corrected chi connectivity index (χ3v) is 3.41. The van der Waals surface area contributed by atoms with Gasteiger partial charge in [0.05, 0.1) is 20.3 Å². The summed E-state index contributed by atoms with van der Waals surface area (Å²) >= 11 is 0. The minimum atomic E-state index is -0.460. The molecule has 5 heteroatoms. The third-order valence-electron chi connectivity index (χ3n) is 3.41. The molecule has 1 aromatic carbocycles. The maximum Gasteiger partial charge on any atom is 0.165 e. The minimum Gasteiger partial charge on any atom is -0.504 e. The fourth-order valence-corrected chi connectivity index (χ4v) is 2.32. The molecule has 0 aromatic heterocycles. The van der Waals surface area contributed by atoms with E-state index in [1.165, 1.54) is 20.3 Å². The van der Waals surface area contributed by atoms with Crippen LogP contribution in [0, 0.1) is 0 Å². The van der Waals surface area contributed by atoms with Crippen LogP contribution in [0.5, 0.6) is 23.0 Å². The number of hydrogen-bond donors (Lipinski definition) is 2. The lowest BCUT2D eigenvalue weighted by Crippen LogP contribution is -2.34. The molecular weight excluding hydrogens is 248 g/mol. The van der Waals surface area contributed by atoms with Gasteiger partial charge in [0.15, 0.2) is 23.0 Å². The summed E-state index contributed by atoms with van der Waals surface area (Å²) in [4.78, 5) is 0. The summed E-state index contributed by atoms with van der Waals surface area (Å²) in [5.74, 6) is 1.22. The molecule has 0 radical (unpaired) electrons. The van der Waals surface area contributed by atoms with Crippen molar-refractivity contribution in [3.63, 3.8) is 0 Å². The first-order valence-electron chi connectivity index (χ1n) is 6.45. The van der Waals surface area contributed by atoms with Crippen LogP contribution in [-0.2, 0) is 0 Å². The normalized spacial score (nSPS) is 22.9. The first-order chi connectivity index (χ1) is 9.15. The Kier molecular flexibility index (Phi) is 4.37. The Balaban J connectivity index is 2.22. The van der Waals surface area contributed by atoms with Crippen LogP contribution < -0.4 is 14.2 Å². The smallest absolute Gasteiger partial charge is 0.165 e. The molecule has 5 nitrogen and oxygen atoms in total. The molecule has 0 saturated heterocycles. The highest BCUT2D eigenvalue weighted by Crippen LogP contribution is 2.40. The van der Waals surface area contributed by atoms with Crippen LogP contribution >= 0.6 is 0 Å². The second-order valence-electron chi connectivity index (χ2n) is 4.68. The zero-order valence-corrected chi connectivity index (χ0v) is 11.3. The van der Waals surface area contributed by atoms with Crippen molar-refractivity contribution >= 4 is 0 Å². The van der Waals surface area contributed by atoms with Crippen molar-refractivity contribution < 1.29 is 24.4 Å². The Morgan fingerprint density at radius 2 is 1.68 bits per heavy atom. The second-order valence-corrected chi connectivity index (χ2v) is 4.68. The average molecular weight is 268 g/mol. The van der Waals surface area contributed by atoms with Crippen molar-refractivity contribution in [1.29, 1.82) is 0 Å². The number of benzene rings is 1. The molecule has 1 saturated carbocycles. The molecule has 1 aliphatic carbocycles. The molecule has 0 bridgehead atoms. The number of phenols is 1. The zero-order valence-electron chi connectivity index (χ0n) is 11.3. The molecule has 2 rings (SSSR count). The topological polar surface area (TPSA) is 68.2 Å². The van der Waals surface area contributed by atoms with Crippen LogP contribution in [-0.4, -0.2) is 36.6 Å². The van der Waals surface area contributed by atoms with E-state index in [1.807, 2.05) is 0 Å². The van der Waals surface area contributed by atoms with Crippen LogP contribution in [0.4, 0.5) is 0 Å². The molecule has 2 N–H and O–H groups in total. The van der Waals surface area contributed by atoms with Gasteiger partial charge in [0.2, 0.25) is 0 Å². The molecule has 0 spiro atoms. The van der Waals surface area contributed by atoms with E-state index in [9.17, 15) is 10.2 Å². The van der Waals surface area contributed by atoms with Crippen LogP contribution in [0.25, 0.3) is 0 Å². The number of phenolic OH excluding ortho intramolecular Hbond substituents is 1. The molecule has 1 fully saturated rings. The monoisotopic (exact) mass is 268 g/mol. The Hall–Kier alpha value is -1.62. The van der Waals surface area contributed by atoms with Gasteiger partial charge in [-0.05, 0) is 19.3 Å². The lowest BCUT2D eigenvalue weighted by Gasteiger charge is -2.28. The number of aliphatic hydroxyl groups is 1. The fourth-order valence-electron chi connectivity index (χ4n) is 2.32. The van der Waals surface area contributed by atoms with Crippen molar-refractivity contribution in [2.75, 3.05) is 14.2 Å². The van der Waals surface area contributed by atoms with E-state index in [1.54, 1.807) is 6.07 Å². The largest absolute Gasteiger partial charge is 0.504 e. The second kappa shape index (κ2) is 6.02. The fraction of sp³-hybridized carbons (Fsp3) is 0.571. The quantitative estimate of drug-likeness (QED) is 0.875. The predicted molar refractivity (Wildman–Crippen MR) is 70.1 cm³/mol. The van der Waals surface area contributed by atoms with Crippen LogP contribution in [0.2, 0.25) is 0 Å². The van der Waals surface area contributed by atoms with Gasteiger partial charge in [-0.2, -0.15) is 0 Å². The molecular formula is C14H20O5. The summed E-state index contributed by atoms with van der Waals surface area (Å²) in [5.41, 5.74) is 0. The maximum absolute atomic E-state index is 9.93. The number of hydrogen-bond acceptors (Lipinski definition) is 5. The van der Waals surface area contributed by atoms with Gasteiger partial charge >= 0.3 is 0 Å². The van der Waals surface area contributed by atoms with E-state index in [0.717, 1.165) is 25.7 Å². The van der Waals surface area contributed by atoms with Crippen LogP contribution in [0.3, 0.4) is 0 Å². The SMILES string of the molecule is COc1cc(O[C@H]2CCCC[C@H]2O)c(OC)cc1O. The Bertz CT molecular complexity index is 432. The van der Waals surface area contributed by atoms with E-state index < -0.39 is 6.10 Å². The van der Waals surface area contributed by atoms with E-state index in [2.05, 4.69) is 0 Å². The highest BCUT2D eigenvalue weighted by atomic mass is 16.5. The lowest BCUT2D eigenvalue weighted by molar-refractivity contribution is 0.00554. The van der Waals surface area contributed by atoms with Gasteiger partial charge in [0.25, 0.3) is 0 Å². The van der Waals surface area contributed by atoms with Gasteiger partial charge in [-0.3, -0.25) is 0 Å². The molecule has 106 valence electrons. The average Bonchev–Trinajstić information content (AvgIpc) is 2.42. The van der Waals surface area contributed by atoms with Crippen molar-refractivity contribution in [3.05, 3.63) is 12.1 Å². The van der Waals surface area contributed by atoms with Crippen molar-refractivity contribution in [1.82, 2.24) is 0 Å². The Morgan fingerprint density at radius 3 is 2.32 bits per heavy atom. The van der Waals surface area contributed by atoms with Gasteiger partial charge in [0.1, 0.15) is 6.10 Å². The number of rotatable bonds is 4. The van der Waals surface area contributed by atoms with E-state index in [0.29, 0.717) is 17.2 Å². The van der Waals surface area contributed by atoms with Crippen molar-refractivity contribution in [2.45, 2.75) is 37.9 Å². The molecule has 0 unspecified atom stereocenters. The number of methoxy groups -OCH3 is 2. The first-order valence-corrected chi connectivity index (χ1v) is 6.45. The van der Waals surface area contributed by atoms with Crippen molar-refractivity contribution in [2.24, 2.45) is 0 Å². The van der Waals surface area contributed by atoms with Gasteiger partial charge in [-0.25, -0.2) is 0 Å². The number of aliphatic hydroxyl groups excluding tert-OH is 1.